The number of likely N-dealkylation sites (tertiary alicyclic amines) is 1. The van der Waals surface area contributed by atoms with Gasteiger partial charge in [-0.1, -0.05) is 12.5 Å². The smallest absolute Gasteiger partial charge is 0.316 e. The summed E-state index contributed by atoms with van der Waals surface area (Å²) in [5, 5.41) is 10.1. The molecule has 0 radical (unpaired) electrons. The van der Waals surface area contributed by atoms with E-state index in [-0.39, 0.29) is 23.7 Å². The van der Waals surface area contributed by atoms with Crippen LogP contribution in [-0.2, 0) is 9.53 Å². The second-order valence-electron chi connectivity index (χ2n) is 12.3. The number of rotatable bonds is 6. The minimum Gasteiger partial charge on any atom is -0.508 e. The van der Waals surface area contributed by atoms with Crippen molar-refractivity contribution in [2.75, 3.05) is 32.8 Å². The summed E-state index contributed by atoms with van der Waals surface area (Å²) in [5.41, 5.74) is 3.33. The Morgan fingerprint density at radius 1 is 1.05 bits per heavy atom. The van der Waals surface area contributed by atoms with E-state index in [1.54, 1.807) is 24.3 Å². The maximum Gasteiger partial charge on any atom is 0.316 e. The number of hydrogen-bond acceptors (Lipinski definition) is 7. The van der Waals surface area contributed by atoms with Crippen LogP contribution in [-0.4, -0.2) is 54.9 Å². The molecule has 0 spiro atoms. The maximum atomic E-state index is 12.6. The van der Waals surface area contributed by atoms with Gasteiger partial charge < -0.3 is 24.1 Å². The van der Waals surface area contributed by atoms with Gasteiger partial charge in [0.1, 0.15) is 48.1 Å². The van der Waals surface area contributed by atoms with E-state index in [4.69, 9.17) is 18.9 Å². The van der Waals surface area contributed by atoms with Crippen LogP contribution in [0.5, 0.6) is 23.0 Å². The van der Waals surface area contributed by atoms with Gasteiger partial charge in [0.2, 0.25) is 0 Å². The van der Waals surface area contributed by atoms with Crippen molar-refractivity contribution in [3.63, 3.8) is 0 Å². The van der Waals surface area contributed by atoms with Gasteiger partial charge >= 0.3 is 5.97 Å². The lowest BCUT2D eigenvalue weighted by molar-refractivity contribution is -0.143. The third-order valence-corrected chi connectivity index (χ3v) is 8.20. The van der Waals surface area contributed by atoms with Gasteiger partial charge in [0, 0.05) is 46.9 Å². The lowest BCUT2D eigenvalue weighted by Crippen LogP contribution is -2.34. The monoisotopic (exact) mass is 557 g/mol. The number of allylic oxidation sites excluding steroid dienone is 2. The number of phenols is 1. The molecule has 1 saturated heterocycles. The van der Waals surface area contributed by atoms with Crippen molar-refractivity contribution in [3.8, 4) is 23.0 Å². The Morgan fingerprint density at radius 2 is 1.85 bits per heavy atom. The highest BCUT2D eigenvalue weighted by molar-refractivity contribution is 5.99. The van der Waals surface area contributed by atoms with Gasteiger partial charge in [-0.2, -0.15) is 0 Å². The maximum absolute atomic E-state index is 12.6. The third kappa shape index (κ3) is 5.87. The summed E-state index contributed by atoms with van der Waals surface area (Å²) in [6.45, 7) is 9.84. The average Bonchev–Trinajstić information content (AvgIpc) is 2.96. The fourth-order valence-electron chi connectivity index (χ4n) is 5.89. The SMILES string of the molecule is CC(C)(C)C(=O)Oc1ccc2c(c1)O[C@@H](C1C=CC(OCCN3CCCCC3)=CC1)C1=C2COc2cc(O)ccc21. The molecular weight excluding hydrogens is 518 g/mol. The quantitative estimate of drug-likeness (QED) is 0.327. The lowest BCUT2D eigenvalue weighted by Gasteiger charge is -2.38. The molecule has 0 saturated carbocycles. The first-order chi connectivity index (χ1) is 19.8. The van der Waals surface area contributed by atoms with Gasteiger partial charge in [0.05, 0.1) is 5.41 Å². The van der Waals surface area contributed by atoms with Gasteiger partial charge in [-0.05, 0) is 89.5 Å². The van der Waals surface area contributed by atoms with Gasteiger partial charge in [0.25, 0.3) is 0 Å². The molecule has 0 amide bonds. The molecule has 2 aromatic carbocycles. The number of hydrogen-bond donors (Lipinski definition) is 1. The molecule has 3 heterocycles. The summed E-state index contributed by atoms with van der Waals surface area (Å²) >= 11 is 0. The van der Waals surface area contributed by atoms with Crippen LogP contribution in [0.3, 0.4) is 0 Å². The van der Waals surface area contributed by atoms with Crippen LogP contribution in [0.25, 0.3) is 11.1 Å². The van der Waals surface area contributed by atoms with E-state index < -0.39 is 5.41 Å². The molecule has 1 aliphatic carbocycles. The standard InChI is InChI=1S/C34H39NO6/c1-34(2,3)33(37)40-25-12-14-26-28-21-39-29-19-23(36)9-13-27(29)31(28)32(41-30(26)20-25)22-7-10-24(11-8-22)38-18-17-35-15-5-4-6-16-35/h7,9-14,19-20,22,32,36H,4-6,8,15-18,21H2,1-3H3/t22?,32-/m0/s1. The second kappa shape index (κ2) is 11.3. The Balaban J connectivity index is 1.25. The molecule has 41 heavy (non-hydrogen) atoms. The number of esters is 1. The predicted octanol–water partition coefficient (Wildman–Crippen LogP) is 6.37. The number of benzene rings is 2. The van der Waals surface area contributed by atoms with Crippen molar-refractivity contribution in [1.82, 2.24) is 4.90 Å². The molecule has 6 rings (SSSR count). The number of ether oxygens (including phenoxy) is 4. The van der Waals surface area contributed by atoms with E-state index in [9.17, 15) is 9.90 Å². The molecule has 3 aliphatic heterocycles. The number of piperidine rings is 1. The van der Waals surface area contributed by atoms with Crippen molar-refractivity contribution >= 4 is 17.1 Å². The van der Waals surface area contributed by atoms with Gasteiger partial charge in [-0.3, -0.25) is 9.69 Å². The molecule has 0 aromatic heterocycles. The minimum absolute atomic E-state index is 0.0585. The van der Waals surface area contributed by atoms with E-state index in [1.165, 1.54) is 32.4 Å². The predicted molar refractivity (Wildman–Crippen MR) is 158 cm³/mol. The summed E-state index contributed by atoms with van der Waals surface area (Å²) in [7, 11) is 0. The first-order valence-corrected chi connectivity index (χ1v) is 14.7. The normalized spacial score (nSPS) is 22.0. The zero-order chi connectivity index (χ0) is 28.6. The van der Waals surface area contributed by atoms with Crippen molar-refractivity contribution in [3.05, 3.63) is 71.5 Å². The van der Waals surface area contributed by atoms with E-state index in [1.807, 2.05) is 32.9 Å². The number of phenolic OH excluding ortho intramolecular Hbond substituents is 1. The summed E-state index contributed by atoms with van der Waals surface area (Å²) < 4.78 is 24.6. The van der Waals surface area contributed by atoms with Crippen molar-refractivity contribution < 1.29 is 28.8 Å². The molecule has 7 heteroatoms. The Hall–Kier alpha value is -3.71. The van der Waals surface area contributed by atoms with Crippen LogP contribution in [0.1, 0.15) is 57.6 Å². The van der Waals surface area contributed by atoms with Crippen LogP contribution < -0.4 is 14.2 Å². The second-order valence-corrected chi connectivity index (χ2v) is 12.3. The molecule has 4 aliphatic rings. The van der Waals surface area contributed by atoms with Gasteiger partial charge in [-0.25, -0.2) is 0 Å². The van der Waals surface area contributed by atoms with Crippen molar-refractivity contribution in [1.29, 1.82) is 0 Å². The molecule has 216 valence electrons. The highest BCUT2D eigenvalue weighted by Gasteiger charge is 2.38. The molecule has 2 atom stereocenters. The van der Waals surface area contributed by atoms with Crippen LogP contribution in [0.4, 0.5) is 0 Å². The van der Waals surface area contributed by atoms with Crippen LogP contribution in [0.15, 0.2) is 60.4 Å². The van der Waals surface area contributed by atoms with Crippen LogP contribution in [0, 0.1) is 11.3 Å². The first-order valence-electron chi connectivity index (χ1n) is 14.7. The highest BCUT2D eigenvalue weighted by atomic mass is 16.5. The number of carbonyl (C=O) groups excluding carboxylic acids is 1. The third-order valence-electron chi connectivity index (χ3n) is 8.20. The lowest BCUT2D eigenvalue weighted by atomic mass is 9.80. The largest absolute Gasteiger partial charge is 0.508 e. The molecule has 1 unspecified atom stereocenters. The zero-order valence-corrected chi connectivity index (χ0v) is 24.2. The van der Waals surface area contributed by atoms with Crippen LogP contribution >= 0.6 is 0 Å². The molecule has 1 N–H and O–H groups in total. The van der Waals surface area contributed by atoms with Gasteiger partial charge in [0.15, 0.2) is 0 Å². The summed E-state index contributed by atoms with van der Waals surface area (Å²) in [5.74, 6) is 2.59. The first kappa shape index (κ1) is 27.5. The Bertz CT molecular complexity index is 1410. The molecule has 0 bridgehead atoms. The Morgan fingerprint density at radius 3 is 2.61 bits per heavy atom. The topological polar surface area (TPSA) is 77.5 Å². The fourth-order valence-corrected chi connectivity index (χ4v) is 5.89. The molecule has 2 aromatic rings. The number of aromatic hydroxyl groups is 1. The molecular formula is C34H39NO6. The van der Waals surface area contributed by atoms with Crippen LogP contribution in [0.2, 0.25) is 0 Å². The Labute approximate surface area is 242 Å². The number of nitrogens with zero attached hydrogens (tertiary/aromatic N) is 1. The minimum atomic E-state index is -0.617. The summed E-state index contributed by atoms with van der Waals surface area (Å²) in [4.78, 5) is 15.0. The van der Waals surface area contributed by atoms with E-state index in [2.05, 4.69) is 23.1 Å². The van der Waals surface area contributed by atoms with E-state index in [0.29, 0.717) is 30.5 Å². The van der Waals surface area contributed by atoms with Crippen molar-refractivity contribution in [2.45, 2.75) is 52.6 Å². The van der Waals surface area contributed by atoms with E-state index >= 15 is 0 Å². The van der Waals surface area contributed by atoms with Crippen molar-refractivity contribution in [2.24, 2.45) is 11.3 Å². The Kier molecular flexibility index (Phi) is 7.56. The number of carbonyl (C=O) groups is 1. The number of fused-ring (bicyclic) bond motifs is 4. The highest BCUT2D eigenvalue weighted by Crippen LogP contribution is 2.49. The molecule has 7 nitrogen and oxygen atoms in total. The molecule has 1 fully saturated rings. The fraction of sp³-hybridized carbons (Fsp3) is 0.441. The average molecular weight is 558 g/mol. The summed E-state index contributed by atoms with van der Waals surface area (Å²) in [6, 6.07) is 10.8. The summed E-state index contributed by atoms with van der Waals surface area (Å²) in [6.07, 6.45) is 10.7. The zero-order valence-electron chi connectivity index (χ0n) is 24.2. The van der Waals surface area contributed by atoms with Gasteiger partial charge in [-0.15, -0.1) is 0 Å². The van der Waals surface area contributed by atoms with E-state index in [0.717, 1.165) is 41.0 Å².